The third kappa shape index (κ3) is 4.85. The van der Waals surface area contributed by atoms with E-state index >= 15 is 0 Å². The second-order valence-electron chi connectivity index (χ2n) is 6.91. The number of carbonyl (C=O) groups is 1. The highest BCUT2D eigenvalue weighted by Gasteiger charge is 2.22. The standard InChI is InChI=1S/C18H26N6O/c1-15(2)12-24-17(20-14-21-24)13-22-7-9-23(10-8-22)18(25)11-16-5-3-4-6-19-16/h3-6,14-15H,7-13H2,1-2H3. The van der Waals surface area contributed by atoms with Crippen molar-refractivity contribution in [2.45, 2.75) is 33.4 Å². The monoisotopic (exact) mass is 342 g/mol. The topological polar surface area (TPSA) is 67.2 Å². The molecule has 0 spiro atoms. The summed E-state index contributed by atoms with van der Waals surface area (Å²) in [5.41, 5.74) is 0.830. The molecule has 0 unspecified atom stereocenters. The number of hydrogen-bond donors (Lipinski definition) is 0. The summed E-state index contributed by atoms with van der Waals surface area (Å²) in [5, 5.41) is 4.32. The van der Waals surface area contributed by atoms with Gasteiger partial charge in [0.05, 0.1) is 13.0 Å². The van der Waals surface area contributed by atoms with E-state index < -0.39 is 0 Å². The molecular weight excluding hydrogens is 316 g/mol. The van der Waals surface area contributed by atoms with Crippen molar-refractivity contribution in [1.29, 1.82) is 0 Å². The average molecular weight is 342 g/mol. The number of rotatable bonds is 6. The molecule has 134 valence electrons. The molecule has 1 fully saturated rings. The number of carbonyl (C=O) groups excluding carboxylic acids is 1. The van der Waals surface area contributed by atoms with Gasteiger partial charge >= 0.3 is 0 Å². The van der Waals surface area contributed by atoms with Gasteiger partial charge in [0.2, 0.25) is 5.91 Å². The van der Waals surface area contributed by atoms with Crippen LogP contribution in [0.15, 0.2) is 30.7 Å². The normalized spacial score (nSPS) is 15.7. The van der Waals surface area contributed by atoms with Crippen molar-refractivity contribution in [2.24, 2.45) is 5.92 Å². The smallest absolute Gasteiger partial charge is 0.228 e. The van der Waals surface area contributed by atoms with Crippen LogP contribution in [0.1, 0.15) is 25.4 Å². The lowest BCUT2D eigenvalue weighted by Gasteiger charge is -2.34. The third-order valence-electron chi connectivity index (χ3n) is 4.38. The molecule has 0 atom stereocenters. The maximum atomic E-state index is 12.4. The molecule has 0 aromatic carbocycles. The van der Waals surface area contributed by atoms with E-state index in [-0.39, 0.29) is 5.91 Å². The summed E-state index contributed by atoms with van der Waals surface area (Å²) >= 11 is 0. The Labute approximate surface area is 148 Å². The number of nitrogens with zero attached hydrogens (tertiary/aromatic N) is 6. The molecule has 2 aromatic rings. The summed E-state index contributed by atoms with van der Waals surface area (Å²) in [5.74, 6) is 1.70. The summed E-state index contributed by atoms with van der Waals surface area (Å²) in [4.78, 5) is 25.3. The Hall–Kier alpha value is -2.28. The minimum atomic E-state index is 0.154. The largest absolute Gasteiger partial charge is 0.340 e. The van der Waals surface area contributed by atoms with Crippen molar-refractivity contribution in [1.82, 2.24) is 29.5 Å². The predicted octanol–water partition coefficient (Wildman–Crippen LogP) is 1.22. The summed E-state index contributed by atoms with van der Waals surface area (Å²) in [7, 11) is 0. The first-order valence-electron chi connectivity index (χ1n) is 8.88. The van der Waals surface area contributed by atoms with E-state index in [1.807, 2.05) is 27.8 Å². The highest BCUT2D eigenvalue weighted by Crippen LogP contribution is 2.09. The van der Waals surface area contributed by atoms with Gasteiger partial charge in [-0.25, -0.2) is 9.67 Å². The molecule has 7 heteroatoms. The fraction of sp³-hybridized carbons (Fsp3) is 0.556. The maximum absolute atomic E-state index is 12.4. The number of hydrogen-bond acceptors (Lipinski definition) is 5. The molecule has 1 amide bonds. The molecular formula is C18H26N6O. The van der Waals surface area contributed by atoms with Crippen LogP contribution < -0.4 is 0 Å². The summed E-state index contributed by atoms with van der Waals surface area (Å²) in [6.45, 7) is 9.26. The van der Waals surface area contributed by atoms with E-state index in [1.54, 1.807) is 12.5 Å². The summed E-state index contributed by atoms with van der Waals surface area (Å²) in [6.07, 6.45) is 3.74. The molecule has 3 heterocycles. The number of amides is 1. The van der Waals surface area contributed by atoms with Crippen molar-refractivity contribution in [3.05, 3.63) is 42.2 Å². The van der Waals surface area contributed by atoms with E-state index in [4.69, 9.17) is 0 Å². The molecule has 0 radical (unpaired) electrons. The van der Waals surface area contributed by atoms with Crippen LogP contribution >= 0.6 is 0 Å². The average Bonchev–Trinajstić information content (AvgIpc) is 3.02. The van der Waals surface area contributed by atoms with Gasteiger partial charge in [-0.1, -0.05) is 19.9 Å². The third-order valence-corrected chi connectivity index (χ3v) is 4.38. The second-order valence-corrected chi connectivity index (χ2v) is 6.91. The van der Waals surface area contributed by atoms with Crippen molar-refractivity contribution in [2.75, 3.05) is 26.2 Å². The van der Waals surface area contributed by atoms with Gasteiger partial charge in [0, 0.05) is 44.6 Å². The van der Waals surface area contributed by atoms with E-state index in [9.17, 15) is 4.79 Å². The summed E-state index contributed by atoms with van der Waals surface area (Å²) < 4.78 is 1.99. The Kier molecular flexibility index (Phi) is 5.75. The maximum Gasteiger partial charge on any atom is 0.228 e. The van der Waals surface area contributed by atoms with Crippen LogP contribution in [0.5, 0.6) is 0 Å². The van der Waals surface area contributed by atoms with E-state index in [0.717, 1.165) is 50.8 Å². The quantitative estimate of drug-likeness (QED) is 0.789. The molecule has 1 aliphatic rings. The molecule has 1 aliphatic heterocycles. The summed E-state index contributed by atoms with van der Waals surface area (Å²) in [6, 6.07) is 5.68. The first kappa shape index (κ1) is 17.5. The Morgan fingerprint density at radius 1 is 1.16 bits per heavy atom. The van der Waals surface area contributed by atoms with Crippen molar-refractivity contribution < 1.29 is 4.79 Å². The van der Waals surface area contributed by atoms with Gasteiger partial charge in [-0.2, -0.15) is 5.10 Å². The molecule has 3 rings (SSSR count). The van der Waals surface area contributed by atoms with Crippen LogP contribution in [0.3, 0.4) is 0 Å². The van der Waals surface area contributed by atoms with Crippen LogP contribution in [-0.2, 0) is 24.3 Å². The fourth-order valence-electron chi connectivity index (χ4n) is 3.03. The van der Waals surface area contributed by atoms with Gasteiger partial charge in [-0.3, -0.25) is 14.7 Å². The molecule has 0 bridgehead atoms. The molecule has 25 heavy (non-hydrogen) atoms. The minimum Gasteiger partial charge on any atom is -0.340 e. The molecule has 0 aliphatic carbocycles. The van der Waals surface area contributed by atoms with Crippen LogP contribution in [-0.4, -0.2) is 61.6 Å². The first-order chi connectivity index (χ1) is 12.1. The van der Waals surface area contributed by atoms with Gasteiger partial charge in [-0.15, -0.1) is 0 Å². The Morgan fingerprint density at radius 3 is 2.64 bits per heavy atom. The second kappa shape index (κ2) is 8.20. The molecule has 0 N–H and O–H groups in total. The minimum absolute atomic E-state index is 0.154. The van der Waals surface area contributed by atoms with Gasteiger partial charge in [0.15, 0.2) is 0 Å². The fourth-order valence-corrected chi connectivity index (χ4v) is 3.03. The van der Waals surface area contributed by atoms with Gasteiger partial charge in [0.25, 0.3) is 0 Å². The zero-order valence-corrected chi connectivity index (χ0v) is 15.0. The number of aromatic nitrogens is 4. The Balaban J connectivity index is 1.49. The van der Waals surface area contributed by atoms with Crippen molar-refractivity contribution >= 4 is 5.91 Å². The highest BCUT2D eigenvalue weighted by atomic mass is 16.2. The number of pyridine rings is 1. The van der Waals surface area contributed by atoms with Crippen LogP contribution in [0.4, 0.5) is 0 Å². The Morgan fingerprint density at radius 2 is 1.96 bits per heavy atom. The van der Waals surface area contributed by atoms with Crippen LogP contribution in [0.2, 0.25) is 0 Å². The zero-order valence-electron chi connectivity index (χ0n) is 15.0. The molecule has 7 nitrogen and oxygen atoms in total. The zero-order chi connectivity index (χ0) is 17.6. The lowest BCUT2D eigenvalue weighted by Crippen LogP contribution is -2.49. The molecule has 2 aromatic heterocycles. The predicted molar refractivity (Wildman–Crippen MR) is 94.7 cm³/mol. The van der Waals surface area contributed by atoms with Gasteiger partial charge < -0.3 is 4.90 Å². The first-order valence-corrected chi connectivity index (χ1v) is 8.88. The van der Waals surface area contributed by atoms with Crippen LogP contribution in [0.25, 0.3) is 0 Å². The van der Waals surface area contributed by atoms with Crippen LogP contribution in [0, 0.1) is 5.92 Å². The van der Waals surface area contributed by atoms with Crippen molar-refractivity contribution in [3.8, 4) is 0 Å². The SMILES string of the molecule is CC(C)Cn1ncnc1CN1CCN(C(=O)Cc2ccccn2)CC1. The van der Waals surface area contributed by atoms with Crippen molar-refractivity contribution in [3.63, 3.8) is 0 Å². The van der Waals surface area contributed by atoms with E-state index in [0.29, 0.717) is 12.3 Å². The lowest BCUT2D eigenvalue weighted by atomic mass is 10.2. The molecule has 0 saturated carbocycles. The number of piperazine rings is 1. The van der Waals surface area contributed by atoms with E-state index in [1.165, 1.54) is 0 Å². The highest BCUT2D eigenvalue weighted by molar-refractivity contribution is 5.78. The van der Waals surface area contributed by atoms with E-state index in [2.05, 4.69) is 33.8 Å². The Bertz CT molecular complexity index is 676. The molecule has 1 saturated heterocycles. The van der Waals surface area contributed by atoms with Gasteiger partial charge in [-0.05, 0) is 18.1 Å². The van der Waals surface area contributed by atoms with Gasteiger partial charge in [0.1, 0.15) is 12.2 Å². The lowest BCUT2D eigenvalue weighted by molar-refractivity contribution is -0.132.